The SMILES string of the molecule is CC(C)=CCC/C(C)=C/CNC(=O)[C@H](O)[C@H](O)[C@@H](O)[C@H](O)CO. The third kappa shape index (κ3) is 8.83. The molecule has 0 aliphatic heterocycles. The van der Waals surface area contributed by atoms with Gasteiger partial charge in [0, 0.05) is 6.54 Å². The Bertz CT molecular complexity index is 417. The molecule has 0 aromatic rings. The first-order valence-electron chi connectivity index (χ1n) is 7.60. The van der Waals surface area contributed by atoms with E-state index in [-0.39, 0.29) is 6.54 Å². The lowest BCUT2D eigenvalue weighted by atomic mass is 10.0. The maximum absolute atomic E-state index is 11.7. The van der Waals surface area contributed by atoms with Gasteiger partial charge >= 0.3 is 0 Å². The molecule has 134 valence electrons. The molecule has 0 aliphatic carbocycles. The van der Waals surface area contributed by atoms with Crippen molar-refractivity contribution in [1.29, 1.82) is 0 Å². The highest BCUT2D eigenvalue weighted by molar-refractivity contribution is 5.81. The topological polar surface area (TPSA) is 130 Å². The van der Waals surface area contributed by atoms with Crippen LogP contribution in [0.4, 0.5) is 0 Å². The van der Waals surface area contributed by atoms with Crippen LogP contribution in [0.25, 0.3) is 0 Å². The van der Waals surface area contributed by atoms with Crippen LogP contribution < -0.4 is 5.32 Å². The lowest BCUT2D eigenvalue weighted by molar-refractivity contribution is -0.148. The van der Waals surface area contributed by atoms with Gasteiger partial charge in [-0.05, 0) is 33.6 Å². The number of nitrogens with one attached hydrogen (secondary N) is 1. The number of carbonyl (C=O) groups is 1. The molecule has 4 atom stereocenters. The third-order valence-corrected chi connectivity index (χ3v) is 3.34. The van der Waals surface area contributed by atoms with E-state index in [1.54, 1.807) is 6.08 Å². The van der Waals surface area contributed by atoms with Crippen molar-refractivity contribution in [1.82, 2.24) is 5.32 Å². The second-order valence-corrected chi connectivity index (χ2v) is 5.79. The average Bonchev–Trinajstić information content (AvgIpc) is 2.51. The zero-order chi connectivity index (χ0) is 18.0. The largest absolute Gasteiger partial charge is 0.394 e. The molecule has 7 heteroatoms. The first kappa shape index (κ1) is 21.8. The summed E-state index contributed by atoms with van der Waals surface area (Å²) in [6.07, 6.45) is -1.56. The van der Waals surface area contributed by atoms with Crippen LogP contribution in [0.5, 0.6) is 0 Å². The van der Waals surface area contributed by atoms with Crippen LogP contribution in [0.2, 0.25) is 0 Å². The molecule has 0 aromatic heterocycles. The van der Waals surface area contributed by atoms with Gasteiger partial charge in [-0.1, -0.05) is 23.3 Å². The highest BCUT2D eigenvalue weighted by Gasteiger charge is 2.33. The first-order valence-corrected chi connectivity index (χ1v) is 7.60. The molecule has 0 fully saturated rings. The minimum atomic E-state index is -1.90. The van der Waals surface area contributed by atoms with Gasteiger partial charge in [-0.25, -0.2) is 0 Å². The van der Waals surface area contributed by atoms with Crippen molar-refractivity contribution in [2.45, 2.75) is 58.0 Å². The fourth-order valence-electron chi connectivity index (χ4n) is 1.80. The maximum atomic E-state index is 11.7. The van der Waals surface area contributed by atoms with E-state index in [0.717, 1.165) is 18.4 Å². The van der Waals surface area contributed by atoms with Crippen molar-refractivity contribution in [2.75, 3.05) is 13.2 Å². The molecular formula is C16H29NO6. The van der Waals surface area contributed by atoms with Crippen molar-refractivity contribution in [2.24, 2.45) is 0 Å². The zero-order valence-corrected chi connectivity index (χ0v) is 13.9. The Kier molecular flexibility index (Phi) is 10.7. The van der Waals surface area contributed by atoms with Gasteiger partial charge in [0.1, 0.15) is 18.3 Å². The average molecular weight is 331 g/mol. The monoisotopic (exact) mass is 331 g/mol. The normalized spacial score (nSPS) is 17.1. The summed E-state index contributed by atoms with van der Waals surface area (Å²) in [7, 11) is 0. The number of amides is 1. The molecule has 7 nitrogen and oxygen atoms in total. The Labute approximate surface area is 137 Å². The number of rotatable bonds is 10. The fraction of sp³-hybridized carbons (Fsp3) is 0.688. The molecule has 0 spiro atoms. The van der Waals surface area contributed by atoms with Crippen molar-refractivity contribution in [3.8, 4) is 0 Å². The molecule has 6 N–H and O–H groups in total. The predicted molar refractivity (Wildman–Crippen MR) is 86.5 cm³/mol. The summed E-state index contributed by atoms with van der Waals surface area (Å²) in [6, 6.07) is 0. The summed E-state index contributed by atoms with van der Waals surface area (Å²) in [5.41, 5.74) is 2.32. The number of aliphatic hydroxyl groups is 5. The number of carbonyl (C=O) groups excluding carboxylic acids is 1. The van der Waals surface area contributed by atoms with Gasteiger partial charge in [0.25, 0.3) is 5.91 Å². The number of allylic oxidation sites excluding steroid dienone is 3. The summed E-state index contributed by atoms with van der Waals surface area (Å²) in [5, 5.41) is 48.9. The van der Waals surface area contributed by atoms with Crippen LogP contribution >= 0.6 is 0 Å². The molecule has 0 unspecified atom stereocenters. The Balaban J connectivity index is 4.30. The summed E-state index contributed by atoms with van der Waals surface area (Å²) in [5.74, 6) is -0.866. The fourth-order valence-corrected chi connectivity index (χ4v) is 1.80. The highest BCUT2D eigenvalue weighted by Crippen LogP contribution is 2.07. The van der Waals surface area contributed by atoms with Gasteiger partial charge in [-0.3, -0.25) is 4.79 Å². The van der Waals surface area contributed by atoms with E-state index in [1.807, 2.05) is 20.8 Å². The maximum Gasteiger partial charge on any atom is 0.251 e. The molecule has 0 heterocycles. The van der Waals surface area contributed by atoms with Crippen LogP contribution in [0, 0.1) is 0 Å². The van der Waals surface area contributed by atoms with Gasteiger partial charge in [-0.2, -0.15) is 0 Å². The molecule has 0 rings (SSSR count). The van der Waals surface area contributed by atoms with Crippen LogP contribution in [-0.4, -0.2) is 69.0 Å². The molecule has 0 aliphatic rings. The lowest BCUT2D eigenvalue weighted by Gasteiger charge is -2.24. The molecular weight excluding hydrogens is 302 g/mol. The van der Waals surface area contributed by atoms with E-state index in [2.05, 4.69) is 11.4 Å². The Morgan fingerprint density at radius 3 is 2.17 bits per heavy atom. The molecule has 0 aromatic carbocycles. The first-order chi connectivity index (χ1) is 10.7. The molecule has 0 bridgehead atoms. The highest BCUT2D eigenvalue weighted by atomic mass is 16.4. The molecule has 0 saturated heterocycles. The van der Waals surface area contributed by atoms with Crippen molar-refractivity contribution in [3.05, 3.63) is 23.3 Å². The van der Waals surface area contributed by atoms with E-state index < -0.39 is 36.9 Å². The Morgan fingerprint density at radius 2 is 1.65 bits per heavy atom. The van der Waals surface area contributed by atoms with Gasteiger partial charge in [-0.15, -0.1) is 0 Å². The molecule has 23 heavy (non-hydrogen) atoms. The van der Waals surface area contributed by atoms with Crippen molar-refractivity contribution >= 4 is 5.91 Å². The summed E-state index contributed by atoms with van der Waals surface area (Å²) >= 11 is 0. The quantitative estimate of drug-likeness (QED) is 0.292. The predicted octanol–water partition coefficient (Wildman–Crippen LogP) is -0.769. The number of hydrogen-bond acceptors (Lipinski definition) is 6. The van der Waals surface area contributed by atoms with E-state index in [4.69, 9.17) is 5.11 Å². The van der Waals surface area contributed by atoms with Gasteiger partial charge in [0.05, 0.1) is 6.61 Å². The van der Waals surface area contributed by atoms with E-state index in [1.165, 1.54) is 5.57 Å². The zero-order valence-electron chi connectivity index (χ0n) is 13.9. The van der Waals surface area contributed by atoms with Crippen molar-refractivity contribution < 1.29 is 30.3 Å². The van der Waals surface area contributed by atoms with E-state index >= 15 is 0 Å². The van der Waals surface area contributed by atoms with Gasteiger partial charge in [0.15, 0.2) is 6.10 Å². The smallest absolute Gasteiger partial charge is 0.251 e. The minimum Gasteiger partial charge on any atom is -0.394 e. The molecule has 0 saturated carbocycles. The molecule has 0 radical (unpaired) electrons. The standard InChI is InChI=1S/C16H29NO6/c1-10(2)5-4-6-11(3)7-8-17-16(23)15(22)14(21)13(20)12(19)9-18/h5,7,12-15,18-22H,4,6,8-9H2,1-3H3,(H,17,23)/b11-7+/t12-,13+,14-,15-/m1/s1. The summed E-state index contributed by atoms with van der Waals surface area (Å²) in [6.45, 7) is 5.36. The number of aliphatic hydroxyl groups excluding tert-OH is 5. The van der Waals surface area contributed by atoms with Crippen LogP contribution in [0.3, 0.4) is 0 Å². The minimum absolute atomic E-state index is 0.182. The number of hydrogen-bond donors (Lipinski definition) is 6. The van der Waals surface area contributed by atoms with Gasteiger partial charge < -0.3 is 30.8 Å². The van der Waals surface area contributed by atoms with Gasteiger partial charge in [0.2, 0.25) is 0 Å². The Hall–Kier alpha value is -1.25. The summed E-state index contributed by atoms with van der Waals surface area (Å²) in [4.78, 5) is 11.7. The third-order valence-electron chi connectivity index (χ3n) is 3.34. The Morgan fingerprint density at radius 1 is 1.04 bits per heavy atom. The second kappa shape index (κ2) is 11.3. The second-order valence-electron chi connectivity index (χ2n) is 5.79. The van der Waals surface area contributed by atoms with Crippen LogP contribution in [0.1, 0.15) is 33.6 Å². The van der Waals surface area contributed by atoms with E-state index in [9.17, 15) is 25.2 Å². The molecule has 1 amide bonds. The summed E-state index contributed by atoms with van der Waals surface area (Å²) < 4.78 is 0. The van der Waals surface area contributed by atoms with Crippen LogP contribution in [0.15, 0.2) is 23.3 Å². The van der Waals surface area contributed by atoms with Crippen LogP contribution in [-0.2, 0) is 4.79 Å². The lowest BCUT2D eigenvalue weighted by Crippen LogP contribution is -2.51. The van der Waals surface area contributed by atoms with E-state index in [0.29, 0.717) is 0 Å². The van der Waals surface area contributed by atoms with Crippen molar-refractivity contribution in [3.63, 3.8) is 0 Å².